The molecule has 1 aromatic carbocycles. The fourth-order valence-electron chi connectivity index (χ4n) is 4.04. The molecule has 1 fully saturated rings. The van der Waals surface area contributed by atoms with Gasteiger partial charge in [0.1, 0.15) is 5.82 Å². The van der Waals surface area contributed by atoms with E-state index in [2.05, 4.69) is 66.3 Å². The first kappa shape index (κ1) is 22.3. The summed E-state index contributed by atoms with van der Waals surface area (Å²) in [5.41, 5.74) is 2.08. The summed E-state index contributed by atoms with van der Waals surface area (Å²) in [6.07, 6.45) is 5.07. The van der Waals surface area contributed by atoms with E-state index in [0.29, 0.717) is 17.3 Å². The van der Waals surface area contributed by atoms with Crippen LogP contribution in [0.2, 0.25) is 0 Å². The molecule has 1 saturated heterocycles. The van der Waals surface area contributed by atoms with Crippen LogP contribution < -0.4 is 5.32 Å². The van der Waals surface area contributed by atoms with Crippen molar-refractivity contribution in [3.8, 4) is 0 Å². The number of carbonyl (C=O) groups excluding carboxylic acids is 1. The van der Waals surface area contributed by atoms with E-state index in [1.807, 2.05) is 17.0 Å². The third-order valence-electron chi connectivity index (χ3n) is 5.81. The van der Waals surface area contributed by atoms with Crippen LogP contribution in [0.1, 0.15) is 49.5 Å². The molecular formula is C25H36N4O. The minimum Gasteiger partial charge on any atom is -0.369 e. The number of anilines is 1. The van der Waals surface area contributed by atoms with Crippen LogP contribution in [-0.2, 0) is 6.42 Å². The maximum atomic E-state index is 13.3. The van der Waals surface area contributed by atoms with Gasteiger partial charge in [-0.3, -0.25) is 9.69 Å². The number of hydrogen-bond donors (Lipinski definition) is 1. The number of nitrogens with one attached hydrogen (secondary N) is 1. The lowest BCUT2D eigenvalue weighted by Crippen LogP contribution is -2.54. The highest BCUT2D eigenvalue weighted by Crippen LogP contribution is 2.19. The van der Waals surface area contributed by atoms with Crippen molar-refractivity contribution in [2.24, 2.45) is 5.92 Å². The molecule has 5 heteroatoms. The number of nitrogens with zero attached hydrogens (tertiary/aromatic N) is 3. The molecule has 0 aliphatic carbocycles. The Labute approximate surface area is 181 Å². The lowest BCUT2D eigenvalue weighted by atomic mass is 10.1. The van der Waals surface area contributed by atoms with Crippen LogP contribution in [0.25, 0.3) is 0 Å². The fourth-order valence-corrected chi connectivity index (χ4v) is 4.04. The van der Waals surface area contributed by atoms with Gasteiger partial charge in [0, 0.05) is 38.4 Å². The minimum absolute atomic E-state index is 0.0894. The monoisotopic (exact) mass is 408 g/mol. The number of carbonyl (C=O) groups is 1. The van der Waals surface area contributed by atoms with Gasteiger partial charge in [-0.25, -0.2) is 4.98 Å². The van der Waals surface area contributed by atoms with E-state index in [1.54, 1.807) is 6.20 Å². The summed E-state index contributed by atoms with van der Waals surface area (Å²) >= 11 is 0. The highest BCUT2D eigenvalue weighted by molar-refractivity contribution is 5.99. The zero-order chi connectivity index (χ0) is 21.3. The molecule has 3 rings (SSSR count). The summed E-state index contributed by atoms with van der Waals surface area (Å²) in [7, 11) is 0. The van der Waals surface area contributed by atoms with Crippen molar-refractivity contribution in [1.82, 2.24) is 14.8 Å². The summed E-state index contributed by atoms with van der Waals surface area (Å²) in [6.45, 7) is 11.1. The fraction of sp³-hybridized carbons (Fsp3) is 0.520. The van der Waals surface area contributed by atoms with E-state index in [9.17, 15) is 4.79 Å². The van der Waals surface area contributed by atoms with E-state index >= 15 is 0 Å². The molecule has 1 aliphatic rings. The summed E-state index contributed by atoms with van der Waals surface area (Å²) in [4.78, 5) is 22.2. The van der Waals surface area contributed by atoms with Crippen molar-refractivity contribution in [2.75, 3.05) is 38.0 Å². The Hall–Kier alpha value is -2.40. The lowest BCUT2D eigenvalue weighted by molar-refractivity contribution is 0.0489. The van der Waals surface area contributed by atoms with Gasteiger partial charge >= 0.3 is 0 Å². The molecular weight excluding hydrogens is 372 g/mol. The van der Waals surface area contributed by atoms with Crippen LogP contribution in [0.3, 0.4) is 0 Å². The van der Waals surface area contributed by atoms with E-state index < -0.39 is 0 Å². The van der Waals surface area contributed by atoms with Gasteiger partial charge in [-0.05, 0) is 56.3 Å². The number of hydrogen-bond acceptors (Lipinski definition) is 4. The number of amides is 1. The topological polar surface area (TPSA) is 48.5 Å². The summed E-state index contributed by atoms with van der Waals surface area (Å²) in [5.74, 6) is 1.42. The van der Waals surface area contributed by atoms with E-state index in [0.717, 1.165) is 52.0 Å². The summed E-state index contributed by atoms with van der Waals surface area (Å²) in [5, 5.41) is 3.36. The predicted molar refractivity (Wildman–Crippen MR) is 124 cm³/mol. The van der Waals surface area contributed by atoms with Crippen LogP contribution in [0.15, 0.2) is 48.7 Å². The van der Waals surface area contributed by atoms with Crippen LogP contribution >= 0.6 is 0 Å². The van der Waals surface area contributed by atoms with E-state index in [4.69, 9.17) is 0 Å². The molecule has 1 aromatic heterocycles. The van der Waals surface area contributed by atoms with Crippen molar-refractivity contribution in [1.29, 1.82) is 0 Å². The smallest absolute Gasteiger partial charge is 0.257 e. The molecule has 1 amide bonds. The van der Waals surface area contributed by atoms with Gasteiger partial charge in [0.25, 0.3) is 5.91 Å². The van der Waals surface area contributed by atoms with Crippen molar-refractivity contribution in [3.05, 3.63) is 59.8 Å². The summed E-state index contributed by atoms with van der Waals surface area (Å²) in [6, 6.07) is 14.6. The molecule has 1 atom stereocenters. The Kier molecular flexibility index (Phi) is 8.26. The first-order chi connectivity index (χ1) is 14.5. The van der Waals surface area contributed by atoms with Crippen molar-refractivity contribution in [3.63, 3.8) is 0 Å². The molecule has 2 heterocycles. The number of piperazine rings is 1. The third kappa shape index (κ3) is 6.30. The van der Waals surface area contributed by atoms with Gasteiger partial charge < -0.3 is 10.2 Å². The minimum atomic E-state index is 0.0894. The van der Waals surface area contributed by atoms with Crippen molar-refractivity contribution in [2.45, 2.75) is 46.1 Å². The molecule has 0 saturated carbocycles. The second-order valence-corrected chi connectivity index (χ2v) is 8.75. The van der Waals surface area contributed by atoms with Gasteiger partial charge in [-0.2, -0.15) is 0 Å². The molecule has 1 N–H and O–H groups in total. The van der Waals surface area contributed by atoms with Gasteiger partial charge in [-0.15, -0.1) is 0 Å². The van der Waals surface area contributed by atoms with E-state index in [1.165, 1.54) is 5.56 Å². The zero-order valence-electron chi connectivity index (χ0n) is 18.7. The SMILES string of the molecule is CC(C)CCNc1ncccc1C(=O)N1CCN(CCCc2ccccc2)C[C@@H]1C. The Bertz CT molecular complexity index is 793. The molecule has 0 radical (unpaired) electrons. The highest BCUT2D eigenvalue weighted by Gasteiger charge is 2.29. The average Bonchev–Trinajstić information content (AvgIpc) is 2.74. The van der Waals surface area contributed by atoms with Crippen LogP contribution in [-0.4, -0.2) is 59.5 Å². The van der Waals surface area contributed by atoms with Crippen LogP contribution in [0.5, 0.6) is 0 Å². The molecule has 1 aliphatic heterocycles. The maximum absolute atomic E-state index is 13.3. The second kappa shape index (κ2) is 11.1. The molecule has 30 heavy (non-hydrogen) atoms. The number of aromatic nitrogens is 1. The lowest BCUT2D eigenvalue weighted by Gasteiger charge is -2.40. The van der Waals surface area contributed by atoms with Gasteiger partial charge in [-0.1, -0.05) is 44.2 Å². The average molecular weight is 409 g/mol. The number of aryl methyl sites for hydroxylation is 1. The van der Waals surface area contributed by atoms with Crippen LogP contribution in [0, 0.1) is 5.92 Å². The summed E-state index contributed by atoms with van der Waals surface area (Å²) < 4.78 is 0. The standard InChI is InChI=1S/C25H36N4O/c1-20(2)13-15-27-24-23(12-7-14-26-24)25(30)29-18-17-28(19-21(29)3)16-8-11-22-9-5-4-6-10-22/h4-7,9-10,12,14,20-21H,8,11,13,15-19H2,1-3H3,(H,26,27)/t21-/m0/s1. The number of rotatable bonds is 9. The molecule has 162 valence electrons. The predicted octanol–water partition coefficient (Wildman–Crippen LogP) is 4.32. The zero-order valence-corrected chi connectivity index (χ0v) is 18.7. The Morgan fingerprint density at radius 3 is 2.70 bits per heavy atom. The Morgan fingerprint density at radius 2 is 1.97 bits per heavy atom. The van der Waals surface area contributed by atoms with Gasteiger partial charge in [0.05, 0.1) is 5.56 Å². The largest absolute Gasteiger partial charge is 0.369 e. The van der Waals surface area contributed by atoms with Gasteiger partial charge in [0.2, 0.25) is 0 Å². The first-order valence-corrected chi connectivity index (χ1v) is 11.3. The van der Waals surface area contributed by atoms with Crippen molar-refractivity contribution < 1.29 is 4.79 Å². The maximum Gasteiger partial charge on any atom is 0.257 e. The third-order valence-corrected chi connectivity index (χ3v) is 5.81. The Morgan fingerprint density at radius 1 is 1.17 bits per heavy atom. The normalized spacial score (nSPS) is 17.3. The molecule has 0 bridgehead atoms. The molecule has 2 aromatic rings. The van der Waals surface area contributed by atoms with Gasteiger partial charge in [0.15, 0.2) is 0 Å². The van der Waals surface area contributed by atoms with E-state index in [-0.39, 0.29) is 11.9 Å². The molecule has 0 unspecified atom stereocenters. The second-order valence-electron chi connectivity index (χ2n) is 8.75. The quantitative estimate of drug-likeness (QED) is 0.671. The molecule has 5 nitrogen and oxygen atoms in total. The first-order valence-electron chi connectivity index (χ1n) is 11.3. The molecule has 0 spiro atoms. The number of pyridine rings is 1. The van der Waals surface area contributed by atoms with Crippen molar-refractivity contribution >= 4 is 11.7 Å². The Balaban J connectivity index is 1.52. The number of benzene rings is 1. The highest BCUT2D eigenvalue weighted by atomic mass is 16.2. The van der Waals surface area contributed by atoms with Crippen LogP contribution in [0.4, 0.5) is 5.82 Å².